The van der Waals surface area contributed by atoms with Gasteiger partial charge in [-0.2, -0.15) is 8.78 Å². The first-order valence-corrected chi connectivity index (χ1v) is 11.4. The van der Waals surface area contributed by atoms with Gasteiger partial charge in [-0.3, -0.25) is 10.1 Å². The predicted molar refractivity (Wildman–Crippen MR) is 127 cm³/mol. The maximum absolute atomic E-state index is 13.9. The molecule has 2 rings (SSSR count). The molecule has 2 unspecified atom stereocenters. The van der Waals surface area contributed by atoms with Crippen molar-refractivity contribution in [2.24, 2.45) is 0 Å². The first kappa shape index (κ1) is 29.9. The molecule has 4 N–H and O–H groups in total. The number of nitro groups is 1. The Bertz CT molecular complexity index is 1090. The second-order valence-electron chi connectivity index (χ2n) is 8.11. The van der Waals surface area contributed by atoms with Gasteiger partial charge < -0.3 is 30.3 Å². The number of non-ortho nitro benzene ring substituents is 1. The maximum Gasteiger partial charge on any atom is 0.407 e. The maximum atomic E-state index is 13.9. The van der Waals surface area contributed by atoms with Crippen LogP contribution in [0.25, 0.3) is 0 Å². The van der Waals surface area contributed by atoms with Gasteiger partial charge in [0.1, 0.15) is 19.3 Å². The SMILES string of the molecule is O=C(NCCCCC(NC(=O)OCc1ccc([N+](=O)[O-])cc1)C(O)C(F)(F)C(=O)O)OCc1ccccc1. The molecular weight excluding hydrogens is 512 g/mol. The van der Waals surface area contributed by atoms with E-state index in [1.165, 1.54) is 24.3 Å². The number of aliphatic hydroxyl groups excluding tert-OH is 1. The number of hydrogen-bond acceptors (Lipinski definition) is 8. The van der Waals surface area contributed by atoms with E-state index < -0.39 is 41.1 Å². The Morgan fingerprint density at radius 1 is 0.947 bits per heavy atom. The fourth-order valence-corrected chi connectivity index (χ4v) is 3.20. The smallest absolute Gasteiger partial charge is 0.407 e. The van der Waals surface area contributed by atoms with Crippen molar-refractivity contribution >= 4 is 23.8 Å². The molecule has 38 heavy (non-hydrogen) atoms. The van der Waals surface area contributed by atoms with Crippen LogP contribution in [0.15, 0.2) is 54.6 Å². The summed E-state index contributed by atoms with van der Waals surface area (Å²) in [6, 6.07) is 12.3. The van der Waals surface area contributed by atoms with E-state index in [-0.39, 0.29) is 44.7 Å². The van der Waals surface area contributed by atoms with Gasteiger partial charge in [0.25, 0.3) is 5.69 Å². The first-order chi connectivity index (χ1) is 18.0. The van der Waals surface area contributed by atoms with Gasteiger partial charge >= 0.3 is 24.1 Å². The molecule has 0 aliphatic heterocycles. The van der Waals surface area contributed by atoms with Gasteiger partial charge in [0.05, 0.1) is 11.0 Å². The molecule has 0 saturated carbocycles. The van der Waals surface area contributed by atoms with Crippen molar-refractivity contribution < 1.29 is 47.8 Å². The minimum atomic E-state index is -4.56. The summed E-state index contributed by atoms with van der Waals surface area (Å²) in [4.78, 5) is 44.9. The topological polar surface area (TPSA) is 177 Å². The second-order valence-corrected chi connectivity index (χ2v) is 8.11. The number of halogens is 2. The van der Waals surface area contributed by atoms with E-state index in [0.29, 0.717) is 5.56 Å². The van der Waals surface area contributed by atoms with Crippen LogP contribution in [0.5, 0.6) is 0 Å². The molecule has 0 aliphatic carbocycles. The molecule has 0 fully saturated rings. The molecule has 2 aromatic carbocycles. The van der Waals surface area contributed by atoms with E-state index in [2.05, 4.69) is 5.32 Å². The highest BCUT2D eigenvalue weighted by atomic mass is 19.3. The Kier molecular flexibility index (Phi) is 11.3. The summed E-state index contributed by atoms with van der Waals surface area (Å²) in [5.41, 5.74) is 0.963. The first-order valence-electron chi connectivity index (χ1n) is 11.4. The number of nitrogens with zero attached hydrogens (tertiary/aromatic N) is 1. The summed E-state index contributed by atoms with van der Waals surface area (Å²) in [7, 11) is 0. The van der Waals surface area contributed by atoms with Gasteiger partial charge in [0.2, 0.25) is 0 Å². The third kappa shape index (κ3) is 9.61. The third-order valence-corrected chi connectivity index (χ3v) is 5.28. The number of nitro benzene ring substituents is 1. The number of hydrogen-bond donors (Lipinski definition) is 4. The number of aliphatic carboxylic acids is 1. The van der Waals surface area contributed by atoms with Gasteiger partial charge in [0, 0.05) is 18.7 Å². The fraction of sp³-hybridized carbons (Fsp3) is 0.375. The highest BCUT2D eigenvalue weighted by Crippen LogP contribution is 2.24. The van der Waals surface area contributed by atoms with Crippen molar-refractivity contribution in [1.29, 1.82) is 0 Å². The van der Waals surface area contributed by atoms with Gasteiger partial charge in [-0.1, -0.05) is 30.3 Å². The molecule has 0 bridgehead atoms. The highest BCUT2D eigenvalue weighted by molar-refractivity contribution is 5.76. The molecule has 14 heteroatoms. The van der Waals surface area contributed by atoms with E-state index >= 15 is 0 Å². The molecule has 2 atom stereocenters. The normalized spacial score (nSPS) is 12.6. The third-order valence-electron chi connectivity index (χ3n) is 5.28. The number of alkyl carbamates (subject to hydrolysis) is 2. The van der Waals surface area contributed by atoms with Crippen LogP contribution in [0.3, 0.4) is 0 Å². The number of nitrogens with one attached hydrogen (secondary N) is 2. The summed E-state index contributed by atoms with van der Waals surface area (Å²) in [6.07, 6.45) is -4.60. The van der Waals surface area contributed by atoms with Crippen LogP contribution in [0, 0.1) is 10.1 Å². The molecule has 0 heterocycles. The Morgan fingerprint density at radius 3 is 2.11 bits per heavy atom. The van der Waals surface area contributed by atoms with Crippen molar-refractivity contribution in [3.63, 3.8) is 0 Å². The van der Waals surface area contributed by atoms with Gasteiger partial charge in [-0.05, 0) is 42.5 Å². The zero-order valence-electron chi connectivity index (χ0n) is 20.0. The van der Waals surface area contributed by atoms with Crippen molar-refractivity contribution in [2.45, 2.75) is 50.5 Å². The number of amides is 2. The number of carbonyl (C=O) groups excluding carboxylic acids is 2. The Labute approximate surface area is 215 Å². The molecule has 0 radical (unpaired) electrons. The van der Waals surface area contributed by atoms with Crippen molar-refractivity contribution in [1.82, 2.24) is 10.6 Å². The van der Waals surface area contributed by atoms with Crippen LogP contribution in [0.2, 0.25) is 0 Å². The van der Waals surface area contributed by atoms with Crippen LogP contribution in [0.4, 0.5) is 24.1 Å². The monoisotopic (exact) mass is 539 g/mol. The summed E-state index contributed by atoms with van der Waals surface area (Å²) < 4.78 is 37.8. The van der Waals surface area contributed by atoms with Crippen molar-refractivity contribution in [2.75, 3.05) is 6.54 Å². The number of unbranched alkanes of at least 4 members (excludes halogenated alkanes) is 1. The zero-order valence-corrected chi connectivity index (χ0v) is 20.0. The van der Waals surface area contributed by atoms with E-state index in [4.69, 9.17) is 14.6 Å². The number of carboxylic acids is 1. The average molecular weight is 539 g/mol. The van der Waals surface area contributed by atoms with Crippen LogP contribution in [-0.4, -0.2) is 57.9 Å². The van der Waals surface area contributed by atoms with E-state index in [1.54, 1.807) is 24.3 Å². The minimum absolute atomic E-state index is 0.0527. The molecule has 0 saturated heterocycles. The van der Waals surface area contributed by atoms with E-state index in [1.807, 2.05) is 11.4 Å². The number of aliphatic hydroxyl groups is 1. The molecule has 0 aromatic heterocycles. The minimum Gasteiger partial charge on any atom is -0.477 e. The quantitative estimate of drug-likeness (QED) is 0.159. The summed E-state index contributed by atoms with van der Waals surface area (Å²) in [6.45, 7) is -0.218. The van der Waals surface area contributed by atoms with Crippen LogP contribution >= 0.6 is 0 Å². The number of carboxylic acid groups (broad SMARTS) is 1. The van der Waals surface area contributed by atoms with Crippen LogP contribution < -0.4 is 10.6 Å². The second kappa shape index (κ2) is 14.4. The van der Waals surface area contributed by atoms with Gasteiger partial charge in [-0.25, -0.2) is 14.4 Å². The molecule has 0 aliphatic rings. The van der Waals surface area contributed by atoms with Crippen molar-refractivity contribution in [3.8, 4) is 0 Å². The number of carbonyl (C=O) groups is 3. The van der Waals surface area contributed by atoms with Crippen LogP contribution in [0.1, 0.15) is 30.4 Å². The molecule has 2 amide bonds. The summed E-state index contributed by atoms with van der Waals surface area (Å²) in [5, 5.41) is 33.9. The molecular formula is C24H27F2N3O9. The predicted octanol–water partition coefficient (Wildman–Crippen LogP) is 3.37. The van der Waals surface area contributed by atoms with Crippen LogP contribution in [-0.2, 0) is 27.5 Å². The van der Waals surface area contributed by atoms with Gasteiger partial charge in [-0.15, -0.1) is 0 Å². The number of ether oxygens (including phenoxy) is 2. The Morgan fingerprint density at radius 2 is 1.53 bits per heavy atom. The molecule has 2 aromatic rings. The zero-order chi connectivity index (χ0) is 28.1. The lowest BCUT2D eigenvalue weighted by Crippen LogP contribution is -2.54. The largest absolute Gasteiger partial charge is 0.477 e. The number of rotatable bonds is 14. The Balaban J connectivity index is 1.84. The Hall–Kier alpha value is -4.33. The summed E-state index contributed by atoms with van der Waals surface area (Å²) in [5.74, 6) is -7.13. The lowest BCUT2D eigenvalue weighted by atomic mass is 9.99. The summed E-state index contributed by atoms with van der Waals surface area (Å²) >= 11 is 0. The standard InChI is InChI=1S/C24H27F2N3O9/c25-24(26,21(31)32)20(30)19(28-23(34)38-15-17-9-11-18(12-10-17)29(35)36)8-4-5-13-27-22(33)37-14-16-6-2-1-3-7-16/h1-3,6-7,9-12,19-20,30H,4-5,8,13-15H2,(H,27,33)(H,28,34)(H,31,32). The average Bonchev–Trinajstić information content (AvgIpc) is 2.90. The molecule has 206 valence electrons. The fourth-order valence-electron chi connectivity index (χ4n) is 3.20. The lowest BCUT2D eigenvalue weighted by molar-refractivity contribution is -0.384. The molecule has 0 spiro atoms. The number of alkyl halides is 2. The van der Waals surface area contributed by atoms with Crippen molar-refractivity contribution in [3.05, 3.63) is 75.8 Å². The number of benzene rings is 2. The highest BCUT2D eigenvalue weighted by Gasteiger charge is 2.50. The lowest BCUT2D eigenvalue weighted by Gasteiger charge is -2.27. The molecule has 12 nitrogen and oxygen atoms in total. The van der Waals surface area contributed by atoms with Gasteiger partial charge in [0.15, 0.2) is 0 Å². The van der Waals surface area contributed by atoms with E-state index in [0.717, 1.165) is 5.56 Å². The van der Waals surface area contributed by atoms with E-state index in [9.17, 15) is 38.4 Å².